The van der Waals surface area contributed by atoms with Crippen LogP contribution < -0.4 is 11.1 Å². The maximum absolute atomic E-state index is 12.1. The molecule has 0 aliphatic carbocycles. The first kappa shape index (κ1) is 12.4. The van der Waals surface area contributed by atoms with Gasteiger partial charge in [0, 0.05) is 24.8 Å². The summed E-state index contributed by atoms with van der Waals surface area (Å²) in [6.07, 6.45) is 6.23. The Bertz CT molecular complexity index is 459. The van der Waals surface area contributed by atoms with Crippen molar-refractivity contribution in [2.24, 2.45) is 0 Å². The zero-order chi connectivity index (χ0) is 13.2. The molecular formula is C14H20N4O. The number of nitrogens with zero attached hydrogens (tertiary/aromatic N) is 2. The van der Waals surface area contributed by atoms with E-state index in [1.807, 2.05) is 0 Å². The van der Waals surface area contributed by atoms with Crippen LogP contribution in [0.25, 0.3) is 0 Å². The molecule has 0 radical (unpaired) electrons. The van der Waals surface area contributed by atoms with Crippen LogP contribution in [-0.2, 0) is 0 Å². The number of pyridine rings is 1. The van der Waals surface area contributed by atoms with Crippen LogP contribution in [0.1, 0.15) is 36.0 Å². The van der Waals surface area contributed by atoms with E-state index in [0.717, 1.165) is 19.4 Å². The predicted octanol–water partition coefficient (Wildman–Crippen LogP) is 1.02. The molecule has 5 nitrogen and oxygen atoms in total. The molecule has 2 fully saturated rings. The minimum Gasteiger partial charge on any atom is -0.384 e. The largest absolute Gasteiger partial charge is 0.384 e. The maximum atomic E-state index is 12.1. The van der Waals surface area contributed by atoms with Gasteiger partial charge in [0.25, 0.3) is 5.91 Å². The molecule has 19 heavy (non-hydrogen) atoms. The van der Waals surface area contributed by atoms with Gasteiger partial charge in [-0.05, 0) is 44.4 Å². The Hall–Kier alpha value is -1.62. The number of nitrogens with two attached hydrogens (primary N) is 1. The highest BCUT2D eigenvalue weighted by Crippen LogP contribution is 2.26. The van der Waals surface area contributed by atoms with Crippen LogP contribution >= 0.6 is 0 Å². The van der Waals surface area contributed by atoms with Crippen LogP contribution in [0, 0.1) is 0 Å². The number of piperidine rings is 1. The van der Waals surface area contributed by atoms with E-state index in [4.69, 9.17) is 5.73 Å². The number of carbonyl (C=O) groups excluding carboxylic acids is 1. The molecule has 2 aliphatic rings. The number of fused-ring (bicyclic) bond motifs is 1. The average molecular weight is 260 g/mol. The van der Waals surface area contributed by atoms with Gasteiger partial charge in [-0.2, -0.15) is 0 Å². The summed E-state index contributed by atoms with van der Waals surface area (Å²) in [7, 11) is 0. The molecule has 1 aromatic heterocycles. The second-order valence-corrected chi connectivity index (χ2v) is 5.50. The molecule has 2 atom stereocenters. The van der Waals surface area contributed by atoms with Crippen molar-refractivity contribution < 1.29 is 4.79 Å². The highest BCUT2D eigenvalue weighted by Gasteiger charge is 2.32. The number of hydrogen-bond acceptors (Lipinski definition) is 4. The second-order valence-electron chi connectivity index (χ2n) is 5.50. The lowest BCUT2D eigenvalue weighted by atomic mass is 9.97. The fraction of sp³-hybridized carbons (Fsp3) is 0.571. The summed E-state index contributed by atoms with van der Waals surface area (Å²) in [5.41, 5.74) is 6.11. The molecule has 5 heteroatoms. The van der Waals surface area contributed by atoms with Crippen LogP contribution in [-0.4, -0.2) is 41.0 Å². The van der Waals surface area contributed by atoms with E-state index in [9.17, 15) is 4.79 Å². The summed E-state index contributed by atoms with van der Waals surface area (Å²) in [6.45, 7) is 2.34. The summed E-state index contributed by atoms with van der Waals surface area (Å²) < 4.78 is 0. The maximum Gasteiger partial charge on any atom is 0.253 e. The molecule has 1 aromatic rings. The van der Waals surface area contributed by atoms with Crippen LogP contribution in [0.4, 0.5) is 5.82 Å². The van der Waals surface area contributed by atoms with Gasteiger partial charge in [0.05, 0.1) is 5.56 Å². The van der Waals surface area contributed by atoms with Crippen LogP contribution in [0.15, 0.2) is 18.3 Å². The van der Waals surface area contributed by atoms with Crippen molar-refractivity contribution in [1.29, 1.82) is 0 Å². The van der Waals surface area contributed by atoms with Gasteiger partial charge in [-0.1, -0.05) is 0 Å². The molecule has 0 bridgehead atoms. The number of carbonyl (C=O) groups is 1. The first-order chi connectivity index (χ1) is 9.22. The minimum absolute atomic E-state index is 0.0380. The lowest BCUT2D eigenvalue weighted by Gasteiger charge is -2.35. The molecule has 3 rings (SSSR count). The third kappa shape index (κ3) is 2.71. The zero-order valence-electron chi connectivity index (χ0n) is 11.0. The van der Waals surface area contributed by atoms with E-state index < -0.39 is 0 Å². The van der Waals surface area contributed by atoms with E-state index in [1.165, 1.54) is 25.6 Å². The number of aromatic nitrogens is 1. The van der Waals surface area contributed by atoms with Gasteiger partial charge in [-0.3, -0.25) is 4.79 Å². The first-order valence-corrected chi connectivity index (χ1v) is 6.99. The predicted molar refractivity (Wildman–Crippen MR) is 73.7 cm³/mol. The molecule has 0 aromatic carbocycles. The Morgan fingerprint density at radius 2 is 2.26 bits per heavy atom. The van der Waals surface area contributed by atoms with Gasteiger partial charge >= 0.3 is 0 Å². The number of nitrogen functional groups attached to an aromatic ring is 1. The standard InChI is InChI=1S/C14H20N4O/c15-13-4-3-10(9-16-13)14(19)17-11-5-7-18-6-1-2-12(18)8-11/h3-4,9,11-12H,1-2,5-8H2,(H2,15,16)(H,17,19). The first-order valence-electron chi connectivity index (χ1n) is 6.99. The number of rotatable bonds is 2. The minimum atomic E-state index is -0.0380. The summed E-state index contributed by atoms with van der Waals surface area (Å²) in [5.74, 6) is 0.403. The molecule has 3 N–H and O–H groups in total. The van der Waals surface area contributed by atoms with E-state index in [-0.39, 0.29) is 5.91 Å². The van der Waals surface area contributed by atoms with Gasteiger partial charge in [0.2, 0.25) is 0 Å². The fourth-order valence-corrected chi connectivity index (χ4v) is 3.16. The normalized spacial score (nSPS) is 26.9. The lowest BCUT2D eigenvalue weighted by molar-refractivity contribution is 0.0896. The summed E-state index contributed by atoms with van der Waals surface area (Å²) in [5, 5.41) is 3.12. The molecular weight excluding hydrogens is 240 g/mol. The number of anilines is 1. The summed E-state index contributed by atoms with van der Waals surface area (Å²) in [6, 6.07) is 4.35. The Morgan fingerprint density at radius 3 is 3.05 bits per heavy atom. The topological polar surface area (TPSA) is 71.2 Å². The molecule has 2 saturated heterocycles. The van der Waals surface area contributed by atoms with Gasteiger partial charge in [0.1, 0.15) is 5.82 Å². The van der Waals surface area contributed by atoms with Crippen molar-refractivity contribution in [2.75, 3.05) is 18.8 Å². The highest BCUT2D eigenvalue weighted by atomic mass is 16.1. The van der Waals surface area contributed by atoms with Crippen molar-refractivity contribution in [2.45, 2.75) is 37.8 Å². The highest BCUT2D eigenvalue weighted by molar-refractivity contribution is 5.94. The van der Waals surface area contributed by atoms with Crippen molar-refractivity contribution in [3.8, 4) is 0 Å². The van der Waals surface area contributed by atoms with Crippen LogP contribution in [0.2, 0.25) is 0 Å². The lowest BCUT2D eigenvalue weighted by Crippen LogP contribution is -2.47. The number of hydrogen-bond donors (Lipinski definition) is 2. The van der Waals surface area contributed by atoms with Gasteiger partial charge < -0.3 is 16.0 Å². The summed E-state index contributed by atoms with van der Waals surface area (Å²) >= 11 is 0. The third-order valence-corrected chi connectivity index (χ3v) is 4.20. The molecule has 0 spiro atoms. The van der Waals surface area contributed by atoms with E-state index in [2.05, 4.69) is 15.2 Å². The fourth-order valence-electron chi connectivity index (χ4n) is 3.16. The van der Waals surface area contributed by atoms with Crippen molar-refractivity contribution in [1.82, 2.24) is 15.2 Å². The Labute approximate surface area is 113 Å². The number of amides is 1. The molecule has 2 aliphatic heterocycles. The average Bonchev–Trinajstić information content (AvgIpc) is 2.87. The quantitative estimate of drug-likeness (QED) is 0.833. The smallest absolute Gasteiger partial charge is 0.253 e. The van der Waals surface area contributed by atoms with Gasteiger partial charge in [-0.15, -0.1) is 0 Å². The van der Waals surface area contributed by atoms with Crippen molar-refractivity contribution in [3.63, 3.8) is 0 Å². The van der Waals surface area contributed by atoms with Crippen molar-refractivity contribution in [3.05, 3.63) is 23.9 Å². The molecule has 3 heterocycles. The summed E-state index contributed by atoms with van der Waals surface area (Å²) in [4.78, 5) is 18.6. The zero-order valence-corrected chi connectivity index (χ0v) is 11.0. The molecule has 0 saturated carbocycles. The monoisotopic (exact) mass is 260 g/mol. The number of nitrogens with one attached hydrogen (secondary N) is 1. The Balaban J connectivity index is 1.59. The van der Waals surface area contributed by atoms with E-state index >= 15 is 0 Å². The van der Waals surface area contributed by atoms with Gasteiger partial charge in [0.15, 0.2) is 0 Å². The third-order valence-electron chi connectivity index (χ3n) is 4.20. The SMILES string of the molecule is Nc1ccc(C(=O)NC2CCN3CCCC3C2)cn1. The Kier molecular flexibility index (Phi) is 3.38. The molecule has 2 unspecified atom stereocenters. The molecule has 1 amide bonds. The van der Waals surface area contributed by atoms with Crippen LogP contribution in [0.5, 0.6) is 0 Å². The van der Waals surface area contributed by atoms with Gasteiger partial charge in [-0.25, -0.2) is 4.98 Å². The molecule has 102 valence electrons. The second kappa shape index (κ2) is 5.17. The van der Waals surface area contributed by atoms with E-state index in [0.29, 0.717) is 23.5 Å². The van der Waals surface area contributed by atoms with Crippen molar-refractivity contribution >= 4 is 11.7 Å². The Morgan fingerprint density at radius 1 is 1.37 bits per heavy atom. The van der Waals surface area contributed by atoms with Crippen LogP contribution in [0.3, 0.4) is 0 Å². The van der Waals surface area contributed by atoms with E-state index in [1.54, 1.807) is 12.1 Å².